The first-order valence-electron chi connectivity index (χ1n) is 9.22. The van der Waals surface area contributed by atoms with Crippen molar-refractivity contribution in [1.82, 2.24) is 15.4 Å². The summed E-state index contributed by atoms with van der Waals surface area (Å²) in [5.41, 5.74) is 0.219. The summed E-state index contributed by atoms with van der Waals surface area (Å²) < 4.78 is 5.02. The molecule has 2 saturated carbocycles. The number of aryl methyl sites for hydroxylation is 1. The van der Waals surface area contributed by atoms with Crippen molar-refractivity contribution in [3.8, 4) is 0 Å². The number of carbonyl (C=O) groups excluding carboxylic acids is 2. The van der Waals surface area contributed by atoms with Crippen LogP contribution in [0.15, 0.2) is 10.6 Å². The molecule has 3 amide bonds. The lowest BCUT2D eigenvalue weighted by molar-refractivity contribution is 0.0691. The summed E-state index contributed by atoms with van der Waals surface area (Å²) in [4.78, 5) is 27.2. The monoisotopic (exact) mass is 333 g/mol. The van der Waals surface area contributed by atoms with Crippen LogP contribution in [0.25, 0.3) is 0 Å². The lowest BCUT2D eigenvalue weighted by Crippen LogP contribution is -2.53. The predicted octanol–water partition coefficient (Wildman–Crippen LogP) is 3.80. The number of amides is 3. The van der Waals surface area contributed by atoms with Gasteiger partial charge in [-0.05, 0) is 32.6 Å². The molecule has 132 valence electrons. The Bertz CT molecular complexity index is 572. The van der Waals surface area contributed by atoms with E-state index in [1.54, 1.807) is 13.0 Å². The largest absolute Gasteiger partial charge is 0.361 e. The molecule has 1 aromatic rings. The summed E-state index contributed by atoms with van der Waals surface area (Å²) in [5.74, 6) is 0.238. The molecule has 0 aromatic carbocycles. The molecule has 2 aliphatic carbocycles. The Hall–Kier alpha value is -1.85. The summed E-state index contributed by atoms with van der Waals surface area (Å²) in [6, 6.07) is 1.49. The fourth-order valence-electron chi connectivity index (χ4n) is 3.84. The second-order valence-electron chi connectivity index (χ2n) is 7.07. The molecule has 1 heterocycles. The Morgan fingerprint density at radius 2 is 1.71 bits per heavy atom. The van der Waals surface area contributed by atoms with Gasteiger partial charge in [-0.1, -0.05) is 43.7 Å². The average Bonchev–Trinajstić information content (AvgIpc) is 3.03. The number of hydrogen-bond donors (Lipinski definition) is 1. The van der Waals surface area contributed by atoms with Crippen molar-refractivity contribution < 1.29 is 14.1 Å². The van der Waals surface area contributed by atoms with Crippen LogP contribution in [0, 0.1) is 6.92 Å². The lowest BCUT2D eigenvalue weighted by atomic mass is 9.93. The van der Waals surface area contributed by atoms with Crippen LogP contribution in [-0.4, -0.2) is 34.1 Å². The Morgan fingerprint density at radius 3 is 2.29 bits per heavy atom. The molecule has 0 unspecified atom stereocenters. The number of urea groups is 1. The van der Waals surface area contributed by atoms with Crippen LogP contribution in [-0.2, 0) is 0 Å². The minimum atomic E-state index is -0.341. The number of rotatable bonds is 3. The first-order chi connectivity index (χ1) is 11.6. The zero-order valence-corrected chi connectivity index (χ0v) is 14.4. The standard InChI is InChI=1S/C18H27N3O3/c1-13-12-16(20-24-13)17(22)21(15-10-6-3-7-11-15)18(23)19-14-8-4-2-5-9-14/h12,14-15H,2-11H2,1H3,(H,19,23). The van der Waals surface area contributed by atoms with Crippen LogP contribution in [0.2, 0.25) is 0 Å². The van der Waals surface area contributed by atoms with Gasteiger partial charge < -0.3 is 9.84 Å². The van der Waals surface area contributed by atoms with Gasteiger partial charge in [0.1, 0.15) is 5.76 Å². The van der Waals surface area contributed by atoms with Gasteiger partial charge in [0.05, 0.1) is 0 Å². The van der Waals surface area contributed by atoms with E-state index in [1.165, 1.54) is 17.7 Å². The second-order valence-corrected chi connectivity index (χ2v) is 7.07. The van der Waals surface area contributed by atoms with Gasteiger partial charge in [-0.15, -0.1) is 0 Å². The Labute approximate surface area is 142 Å². The topological polar surface area (TPSA) is 75.4 Å². The van der Waals surface area contributed by atoms with E-state index in [2.05, 4.69) is 10.5 Å². The zero-order valence-electron chi connectivity index (χ0n) is 14.4. The maximum absolute atomic E-state index is 12.9. The van der Waals surface area contributed by atoms with Gasteiger partial charge in [-0.3, -0.25) is 9.69 Å². The molecule has 0 saturated heterocycles. The van der Waals surface area contributed by atoms with Crippen molar-refractivity contribution in [3.63, 3.8) is 0 Å². The van der Waals surface area contributed by atoms with Crippen LogP contribution >= 0.6 is 0 Å². The van der Waals surface area contributed by atoms with E-state index in [0.717, 1.165) is 51.4 Å². The molecule has 2 aliphatic rings. The molecule has 0 bridgehead atoms. The van der Waals surface area contributed by atoms with Crippen molar-refractivity contribution in [1.29, 1.82) is 0 Å². The summed E-state index contributed by atoms with van der Waals surface area (Å²) in [5, 5.41) is 6.90. The van der Waals surface area contributed by atoms with E-state index >= 15 is 0 Å². The van der Waals surface area contributed by atoms with Crippen molar-refractivity contribution in [2.75, 3.05) is 0 Å². The third-order valence-electron chi connectivity index (χ3n) is 5.16. The highest BCUT2D eigenvalue weighted by molar-refractivity contribution is 6.03. The van der Waals surface area contributed by atoms with Crippen LogP contribution in [0.3, 0.4) is 0 Å². The van der Waals surface area contributed by atoms with E-state index < -0.39 is 0 Å². The van der Waals surface area contributed by atoms with E-state index in [9.17, 15) is 9.59 Å². The molecular weight excluding hydrogens is 306 g/mol. The van der Waals surface area contributed by atoms with Gasteiger partial charge in [0.15, 0.2) is 5.69 Å². The number of nitrogens with one attached hydrogen (secondary N) is 1. The maximum Gasteiger partial charge on any atom is 0.324 e. The molecule has 3 rings (SSSR count). The SMILES string of the molecule is Cc1cc(C(=O)N(C(=O)NC2CCCCC2)C2CCCCC2)no1. The maximum atomic E-state index is 12.9. The van der Waals surface area contributed by atoms with Gasteiger partial charge in [0, 0.05) is 18.2 Å². The molecule has 0 radical (unpaired) electrons. The highest BCUT2D eigenvalue weighted by Gasteiger charge is 2.34. The van der Waals surface area contributed by atoms with E-state index in [-0.39, 0.29) is 29.7 Å². The number of carbonyl (C=O) groups is 2. The van der Waals surface area contributed by atoms with Gasteiger partial charge in [-0.2, -0.15) is 0 Å². The molecule has 2 fully saturated rings. The van der Waals surface area contributed by atoms with E-state index in [4.69, 9.17) is 4.52 Å². The van der Waals surface area contributed by atoms with Crippen molar-refractivity contribution in [3.05, 3.63) is 17.5 Å². The second kappa shape index (κ2) is 7.81. The number of aromatic nitrogens is 1. The number of nitrogens with zero attached hydrogens (tertiary/aromatic N) is 2. The molecule has 0 atom stereocenters. The average molecular weight is 333 g/mol. The molecule has 6 nitrogen and oxygen atoms in total. The fraction of sp³-hybridized carbons (Fsp3) is 0.722. The van der Waals surface area contributed by atoms with Crippen molar-refractivity contribution in [2.24, 2.45) is 0 Å². The normalized spacial score (nSPS) is 19.9. The van der Waals surface area contributed by atoms with Crippen molar-refractivity contribution >= 4 is 11.9 Å². The van der Waals surface area contributed by atoms with Gasteiger partial charge in [0.25, 0.3) is 5.91 Å². The Balaban J connectivity index is 1.75. The smallest absolute Gasteiger partial charge is 0.324 e. The highest BCUT2D eigenvalue weighted by atomic mass is 16.5. The van der Waals surface area contributed by atoms with E-state index in [1.807, 2.05) is 0 Å². The van der Waals surface area contributed by atoms with E-state index in [0.29, 0.717) is 5.76 Å². The van der Waals surface area contributed by atoms with Crippen LogP contribution in [0.4, 0.5) is 4.79 Å². The molecule has 0 spiro atoms. The van der Waals surface area contributed by atoms with Gasteiger partial charge in [0.2, 0.25) is 0 Å². The molecule has 24 heavy (non-hydrogen) atoms. The number of hydrogen-bond acceptors (Lipinski definition) is 4. The first-order valence-corrected chi connectivity index (χ1v) is 9.22. The Kier molecular flexibility index (Phi) is 5.53. The minimum absolute atomic E-state index is 0.0353. The minimum Gasteiger partial charge on any atom is -0.361 e. The zero-order chi connectivity index (χ0) is 16.9. The summed E-state index contributed by atoms with van der Waals surface area (Å²) in [6.07, 6.45) is 10.6. The predicted molar refractivity (Wildman–Crippen MR) is 89.7 cm³/mol. The summed E-state index contributed by atoms with van der Waals surface area (Å²) in [7, 11) is 0. The summed E-state index contributed by atoms with van der Waals surface area (Å²) in [6.45, 7) is 1.75. The van der Waals surface area contributed by atoms with Gasteiger partial charge >= 0.3 is 6.03 Å². The molecule has 1 aromatic heterocycles. The van der Waals surface area contributed by atoms with Crippen molar-refractivity contribution in [2.45, 2.75) is 83.2 Å². The van der Waals surface area contributed by atoms with Gasteiger partial charge in [-0.25, -0.2) is 4.79 Å². The third-order valence-corrected chi connectivity index (χ3v) is 5.16. The molecule has 0 aliphatic heterocycles. The summed E-state index contributed by atoms with van der Waals surface area (Å²) >= 11 is 0. The molecule has 1 N–H and O–H groups in total. The van der Waals surface area contributed by atoms with Crippen LogP contribution in [0.1, 0.15) is 80.5 Å². The fourth-order valence-corrected chi connectivity index (χ4v) is 3.84. The first kappa shape index (κ1) is 17.0. The third kappa shape index (κ3) is 3.97. The quantitative estimate of drug-likeness (QED) is 0.913. The molecule has 6 heteroatoms. The van der Waals surface area contributed by atoms with Crippen LogP contribution < -0.4 is 5.32 Å². The Morgan fingerprint density at radius 1 is 1.08 bits per heavy atom. The van der Waals surface area contributed by atoms with Crippen LogP contribution in [0.5, 0.6) is 0 Å². The number of imide groups is 1. The highest BCUT2D eigenvalue weighted by Crippen LogP contribution is 2.25. The molecular formula is C18H27N3O3. The lowest BCUT2D eigenvalue weighted by Gasteiger charge is -2.34.